The molecule has 156 valence electrons. The van der Waals surface area contributed by atoms with Crippen LogP contribution in [-0.4, -0.2) is 48.9 Å². The summed E-state index contributed by atoms with van der Waals surface area (Å²) in [5.41, 5.74) is 2.28. The van der Waals surface area contributed by atoms with Gasteiger partial charge in [-0.15, -0.1) is 4.40 Å². The van der Waals surface area contributed by atoms with Crippen molar-refractivity contribution < 1.29 is 13.2 Å². The maximum atomic E-state index is 13.5. The average molecular weight is 416 g/mol. The Kier molecular flexibility index (Phi) is 5.27. The number of piperidine rings is 1. The summed E-state index contributed by atoms with van der Waals surface area (Å²) in [6, 6.07) is 7.72. The van der Waals surface area contributed by atoms with Gasteiger partial charge in [-0.2, -0.15) is 8.42 Å². The van der Waals surface area contributed by atoms with Gasteiger partial charge in [0.2, 0.25) is 0 Å². The Morgan fingerprint density at radius 1 is 1.10 bits per heavy atom. The minimum Gasteiger partial charge on any atom is -0.334 e. The molecular formula is C22H29N3O3S. The van der Waals surface area contributed by atoms with Gasteiger partial charge < -0.3 is 4.90 Å². The van der Waals surface area contributed by atoms with E-state index in [1.165, 1.54) is 13.5 Å². The maximum absolute atomic E-state index is 13.5. The molecule has 29 heavy (non-hydrogen) atoms. The van der Waals surface area contributed by atoms with Gasteiger partial charge in [-0.1, -0.05) is 49.6 Å². The zero-order valence-corrected chi connectivity index (χ0v) is 18.2. The fourth-order valence-electron chi connectivity index (χ4n) is 4.93. The van der Waals surface area contributed by atoms with Crippen molar-refractivity contribution in [1.82, 2.24) is 9.21 Å². The fourth-order valence-corrected chi connectivity index (χ4v) is 5.83. The zero-order chi connectivity index (χ0) is 20.8. The molecule has 6 nitrogen and oxygen atoms in total. The van der Waals surface area contributed by atoms with Crippen molar-refractivity contribution in [2.75, 3.05) is 13.6 Å². The number of hydrogen-bond donors (Lipinski definition) is 0. The molecule has 7 heteroatoms. The Morgan fingerprint density at radius 2 is 1.79 bits per heavy atom. The second-order valence-corrected chi connectivity index (χ2v) is 10.2. The number of aryl methyl sites for hydroxylation is 1. The van der Waals surface area contributed by atoms with Crippen LogP contribution in [0.1, 0.15) is 50.2 Å². The highest BCUT2D eigenvalue weighted by molar-refractivity contribution is 7.88. The Morgan fingerprint density at radius 3 is 2.52 bits per heavy atom. The predicted molar refractivity (Wildman–Crippen MR) is 114 cm³/mol. The Hall–Kier alpha value is -2.15. The van der Waals surface area contributed by atoms with Crippen LogP contribution in [0.2, 0.25) is 0 Å². The summed E-state index contributed by atoms with van der Waals surface area (Å²) < 4.78 is 30.3. The maximum Gasteiger partial charge on any atom is 0.345 e. The molecule has 0 unspecified atom stereocenters. The molecule has 4 rings (SSSR count). The summed E-state index contributed by atoms with van der Waals surface area (Å²) in [5, 5.41) is 0. The van der Waals surface area contributed by atoms with E-state index >= 15 is 0 Å². The van der Waals surface area contributed by atoms with Crippen molar-refractivity contribution in [2.45, 2.75) is 52.0 Å². The van der Waals surface area contributed by atoms with E-state index in [-0.39, 0.29) is 17.6 Å². The number of fused-ring (bicyclic) bond motifs is 1. The third-order valence-electron chi connectivity index (χ3n) is 6.74. The predicted octanol–water partition coefficient (Wildman–Crippen LogP) is 3.29. The Balaban J connectivity index is 1.69. The lowest BCUT2D eigenvalue weighted by Crippen LogP contribution is -2.54. The summed E-state index contributed by atoms with van der Waals surface area (Å²) in [6.07, 6.45) is 7.09. The van der Waals surface area contributed by atoms with Crippen LogP contribution < -0.4 is 0 Å². The molecular weight excluding hydrogens is 386 g/mol. The summed E-state index contributed by atoms with van der Waals surface area (Å²) in [4.78, 5) is 15.5. The van der Waals surface area contributed by atoms with E-state index in [9.17, 15) is 13.2 Å². The third-order valence-corrected chi connectivity index (χ3v) is 8.05. The van der Waals surface area contributed by atoms with Gasteiger partial charge in [0, 0.05) is 25.2 Å². The number of likely N-dealkylation sites (N-methyl/N-ethyl adjacent to an activating group) is 1. The van der Waals surface area contributed by atoms with E-state index in [1.807, 2.05) is 36.1 Å². The van der Waals surface area contributed by atoms with Crippen LogP contribution in [0.5, 0.6) is 0 Å². The summed E-state index contributed by atoms with van der Waals surface area (Å²) in [6.45, 7) is 4.94. The van der Waals surface area contributed by atoms with Crippen LogP contribution in [-0.2, 0) is 15.0 Å². The first-order valence-electron chi connectivity index (χ1n) is 10.5. The van der Waals surface area contributed by atoms with Crippen molar-refractivity contribution in [3.8, 4) is 0 Å². The number of nitrogens with zero attached hydrogens (tertiary/aromatic N) is 3. The van der Waals surface area contributed by atoms with E-state index in [2.05, 4.69) is 11.3 Å². The number of likely N-dealkylation sites (tertiary alicyclic amines) is 1. The quantitative estimate of drug-likeness (QED) is 0.744. The minimum atomic E-state index is -3.94. The second-order valence-electron chi connectivity index (χ2n) is 8.60. The number of rotatable bonds is 2. The highest BCUT2D eigenvalue weighted by Gasteiger charge is 2.42. The number of carbonyl (C=O) groups is 1. The Bertz CT molecular complexity index is 966. The highest BCUT2D eigenvalue weighted by Crippen LogP contribution is 2.39. The lowest BCUT2D eigenvalue weighted by atomic mass is 9.72. The molecule has 2 heterocycles. The van der Waals surface area contributed by atoms with Crippen LogP contribution in [0.3, 0.4) is 0 Å². The van der Waals surface area contributed by atoms with E-state index in [1.54, 1.807) is 6.08 Å². The molecule has 1 amide bonds. The van der Waals surface area contributed by atoms with Crippen LogP contribution in [0, 0.1) is 18.8 Å². The van der Waals surface area contributed by atoms with Crippen LogP contribution >= 0.6 is 0 Å². The monoisotopic (exact) mass is 415 g/mol. The number of benzene rings is 1. The zero-order valence-electron chi connectivity index (χ0n) is 17.3. The SMILES string of the molecule is Cc1ccc(C2=NS(=O)(=O)N(C)C(C(=O)N3CC[C@@H](C)[C@@H]4CCCC[C@@H]43)=C2)cc1. The van der Waals surface area contributed by atoms with Gasteiger partial charge in [-0.3, -0.25) is 4.79 Å². The molecule has 1 aromatic carbocycles. The van der Waals surface area contributed by atoms with E-state index in [0.717, 1.165) is 35.6 Å². The number of allylic oxidation sites excluding steroid dienone is 1. The van der Waals surface area contributed by atoms with Crippen LogP contribution in [0.4, 0.5) is 0 Å². The lowest BCUT2D eigenvalue weighted by molar-refractivity contribution is -0.135. The van der Waals surface area contributed by atoms with Crippen molar-refractivity contribution in [1.29, 1.82) is 0 Å². The van der Waals surface area contributed by atoms with Gasteiger partial charge in [-0.05, 0) is 44.1 Å². The molecule has 2 aliphatic heterocycles. The first kappa shape index (κ1) is 20.1. The van der Waals surface area contributed by atoms with Gasteiger partial charge in [0.15, 0.2) is 0 Å². The van der Waals surface area contributed by atoms with Gasteiger partial charge in [0.1, 0.15) is 5.70 Å². The first-order valence-corrected chi connectivity index (χ1v) is 11.9. The highest BCUT2D eigenvalue weighted by atomic mass is 32.2. The summed E-state index contributed by atoms with van der Waals surface area (Å²) >= 11 is 0. The second kappa shape index (κ2) is 7.59. The van der Waals surface area contributed by atoms with Crippen molar-refractivity contribution in [3.63, 3.8) is 0 Å². The molecule has 1 aliphatic carbocycles. The van der Waals surface area contributed by atoms with Crippen molar-refractivity contribution >= 4 is 21.8 Å². The molecule has 1 saturated carbocycles. The molecule has 1 saturated heterocycles. The molecule has 3 aliphatic rings. The molecule has 0 spiro atoms. The van der Waals surface area contributed by atoms with E-state index < -0.39 is 10.2 Å². The van der Waals surface area contributed by atoms with Gasteiger partial charge in [-0.25, -0.2) is 4.31 Å². The van der Waals surface area contributed by atoms with Crippen LogP contribution in [0.15, 0.2) is 40.4 Å². The topological polar surface area (TPSA) is 70.0 Å². The lowest BCUT2D eigenvalue weighted by Gasteiger charge is -2.47. The van der Waals surface area contributed by atoms with E-state index in [0.29, 0.717) is 29.7 Å². The standard InChI is InChI=1S/C22H29N3O3S/c1-15-8-10-17(11-9-15)19-14-21(24(3)29(27,28)23-19)22(26)25-13-12-16(2)18-6-4-5-7-20(18)25/h8-11,14,16,18,20H,4-7,12-13H2,1-3H3/t16-,18+,20+/m1/s1. The summed E-state index contributed by atoms with van der Waals surface area (Å²) in [7, 11) is -2.52. The Labute approximate surface area is 173 Å². The largest absolute Gasteiger partial charge is 0.345 e. The summed E-state index contributed by atoms with van der Waals surface area (Å²) in [5.74, 6) is 0.924. The molecule has 2 fully saturated rings. The first-order chi connectivity index (χ1) is 13.8. The molecule has 0 aromatic heterocycles. The van der Waals surface area contributed by atoms with Crippen LogP contribution in [0.25, 0.3) is 0 Å². The number of carbonyl (C=O) groups excluding carboxylic acids is 1. The number of hydrogen-bond acceptors (Lipinski definition) is 3. The van der Waals surface area contributed by atoms with Gasteiger partial charge >= 0.3 is 10.2 Å². The average Bonchev–Trinajstić information content (AvgIpc) is 2.70. The molecule has 1 aromatic rings. The third kappa shape index (κ3) is 3.72. The minimum absolute atomic E-state index is 0.189. The number of amides is 1. The fraction of sp³-hybridized carbons (Fsp3) is 0.545. The smallest absolute Gasteiger partial charge is 0.334 e. The normalized spacial score (nSPS) is 29.0. The molecule has 0 bridgehead atoms. The van der Waals surface area contributed by atoms with E-state index in [4.69, 9.17) is 0 Å². The van der Waals surface area contributed by atoms with Gasteiger partial charge in [0.05, 0.1) is 5.71 Å². The van der Waals surface area contributed by atoms with Crippen molar-refractivity contribution in [2.24, 2.45) is 16.2 Å². The molecule has 3 atom stereocenters. The molecule has 0 N–H and O–H groups in total. The van der Waals surface area contributed by atoms with Crippen molar-refractivity contribution in [3.05, 3.63) is 47.2 Å². The molecule has 0 radical (unpaired) electrons. The van der Waals surface area contributed by atoms with Gasteiger partial charge in [0.25, 0.3) is 5.91 Å².